The standard InChI is InChI=1S/C21H21N3O3S/c1-23(2)17(15-13-28-19-10-6-3-7-14(15)19)11-22-20(25)12-24-16-8-4-5-9-18(16)27-21(24)26/h3-10,13,17H,11-12H2,1-2H3,(H,22,25). The predicted molar refractivity (Wildman–Crippen MR) is 112 cm³/mol. The van der Waals surface area contributed by atoms with Crippen molar-refractivity contribution in [3.63, 3.8) is 0 Å². The molecule has 0 saturated carbocycles. The molecule has 2 aromatic heterocycles. The number of likely N-dealkylation sites (N-methyl/N-ethyl adjacent to an activating group) is 1. The second-order valence-corrected chi connectivity index (χ2v) is 7.80. The van der Waals surface area contributed by atoms with E-state index in [1.54, 1.807) is 29.5 Å². The second-order valence-electron chi connectivity index (χ2n) is 6.89. The van der Waals surface area contributed by atoms with Crippen molar-refractivity contribution in [1.29, 1.82) is 0 Å². The largest absolute Gasteiger partial charge is 0.420 e. The SMILES string of the molecule is CN(C)C(CNC(=O)Cn1c(=O)oc2ccccc21)c1csc2ccccc12. The summed E-state index contributed by atoms with van der Waals surface area (Å²) in [6, 6.07) is 15.4. The number of fused-ring (bicyclic) bond motifs is 2. The van der Waals surface area contributed by atoms with E-state index < -0.39 is 5.76 Å². The molecule has 2 heterocycles. The number of oxazole rings is 1. The number of aromatic nitrogens is 1. The van der Waals surface area contributed by atoms with Gasteiger partial charge in [0.1, 0.15) is 6.54 Å². The lowest BCUT2D eigenvalue weighted by atomic mass is 10.0. The zero-order valence-corrected chi connectivity index (χ0v) is 16.5. The minimum atomic E-state index is -0.524. The third kappa shape index (κ3) is 3.46. The summed E-state index contributed by atoms with van der Waals surface area (Å²) in [4.78, 5) is 26.7. The topological polar surface area (TPSA) is 67.5 Å². The highest BCUT2D eigenvalue weighted by atomic mass is 32.1. The molecule has 0 aliphatic rings. The van der Waals surface area contributed by atoms with Crippen LogP contribution in [0.3, 0.4) is 0 Å². The Morgan fingerprint density at radius 3 is 2.75 bits per heavy atom. The third-order valence-corrected chi connectivity index (χ3v) is 5.84. The van der Waals surface area contributed by atoms with E-state index in [0.29, 0.717) is 17.6 Å². The Bertz CT molecular complexity index is 1190. The minimum absolute atomic E-state index is 0.0397. The van der Waals surface area contributed by atoms with Gasteiger partial charge in [0.05, 0.1) is 11.6 Å². The fraction of sp³-hybridized carbons (Fsp3) is 0.238. The van der Waals surface area contributed by atoms with Gasteiger partial charge in [0.25, 0.3) is 0 Å². The van der Waals surface area contributed by atoms with Gasteiger partial charge in [0, 0.05) is 11.2 Å². The fourth-order valence-electron chi connectivity index (χ4n) is 3.40. The first kappa shape index (κ1) is 18.5. The van der Waals surface area contributed by atoms with Crippen LogP contribution in [0.25, 0.3) is 21.2 Å². The quantitative estimate of drug-likeness (QED) is 0.544. The molecule has 4 rings (SSSR count). The van der Waals surface area contributed by atoms with E-state index in [1.165, 1.54) is 20.2 Å². The maximum Gasteiger partial charge on any atom is 0.420 e. The average Bonchev–Trinajstić information content (AvgIpc) is 3.23. The number of hydrogen-bond donors (Lipinski definition) is 1. The Morgan fingerprint density at radius 2 is 1.93 bits per heavy atom. The van der Waals surface area contributed by atoms with Crippen LogP contribution in [0.15, 0.2) is 63.1 Å². The van der Waals surface area contributed by atoms with Crippen LogP contribution in [0, 0.1) is 0 Å². The first-order valence-corrected chi connectivity index (χ1v) is 9.90. The summed E-state index contributed by atoms with van der Waals surface area (Å²) in [7, 11) is 3.99. The summed E-state index contributed by atoms with van der Waals surface area (Å²) in [5.41, 5.74) is 2.30. The summed E-state index contributed by atoms with van der Waals surface area (Å²) in [5.74, 6) is -0.746. The van der Waals surface area contributed by atoms with Crippen LogP contribution in [-0.2, 0) is 11.3 Å². The van der Waals surface area contributed by atoms with Crippen molar-refractivity contribution in [2.45, 2.75) is 12.6 Å². The molecule has 28 heavy (non-hydrogen) atoms. The molecule has 0 fully saturated rings. The smallest absolute Gasteiger partial charge is 0.408 e. The van der Waals surface area contributed by atoms with E-state index in [1.807, 2.05) is 32.3 Å². The molecule has 0 aliphatic heterocycles. The summed E-state index contributed by atoms with van der Waals surface area (Å²) in [5, 5.41) is 6.32. The summed E-state index contributed by atoms with van der Waals surface area (Å²) in [6.45, 7) is 0.386. The molecular formula is C21H21N3O3S. The molecule has 1 N–H and O–H groups in total. The van der Waals surface area contributed by atoms with E-state index in [4.69, 9.17) is 4.42 Å². The van der Waals surface area contributed by atoms with Gasteiger partial charge in [-0.15, -0.1) is 11.3 Å². The Balaban J connectivity index is 1.51. The number of thiophene rings is 1. The van der Waals surface area contributed by atoms with E-state index in [0.717, 1.165) is 0 Å². The highest BCUT2D eigenvalue weighted by molar-refractivity contribution is 7.17. The van der Waals surface area contributed by atoms with E-state index >= 15 is 0 Å². The molecule has 1 atom stereocenters. The van der Waals surface area contributed by atoms with Gasteiger partial charge in [0.2, 0.25) is 5.91 Å². The van der Waals surface area contributed by atoms with Crippen LogP contribution in [0.2, 0.25) is 0 Å². The molecule has 4 aromatic rings. The van der Waals surface area contributed by atoms with Crippen LogP contribution in [-0.4, -0.2) is 36.0 Å². The molecule has 1 amide bonds. The number of amides is 1. The third-order valence-electron chi connectivity index (χ3n) is 4.86. The Hall–Kier alpha value is -2.90. The van der Waals surface area contributed by atoms with Crippen LogP contribution in [0.5, 0.6) is 0 Å². The maximum atomic E-state index is 12.5. The molecule has 6 nitrogen and oxygen atoms in total. The number of benzene rings is 2. The summed E-state index contributed by atoms with van der Waals surface area (Å²) < 4.78 is 7.78. The highest BCUT2D eigenvalue weighted by Gasteiger charge is 2.20. The molecule has 7 heteroatoms. The first-order chi connectivity index (χ1) is 13.5. The molecule has 2 aromatic carbocycles. The minimum Gasteiger partial charge on any atom is -0.408 e. The number of carbonyl (C=O) groups is 1. The van der Waals surface area contributed by atoms with Gasteiger partial charge in [-0.1, -0.05) is 30.3 Å². The number of carbonyl (C=O) groups excluding carboxylic acids is 1. The number of hydrogen-bond acceptors (Lipinski definition) is 5. The average molecular weight is 395 g/mol. The maximum absolute atomic E-state index is 12.5. The lowest BCUT2D eigenvalue weighted by molar-refractivity contribution is -0.121. The lowest BCUT2D eigenvalue weighted by Gasteiger charge is -2.24. The van der Waals surface area contributed by atoms with Crippen LogP contribution in [0.4, 0.5) is 0 Å². The normalized spacial score (nSPS) is 12.7. The summed E-state index contributed by atoms with van der Waals surface area (Å²) in [6.07, 6.45) is 0. The van der Waals surface area contributed by atoms with Crippen molar-refractivity contribution >= 4 is 38.4 Å². The van der Waals surface area contributed by atoms with Crippen molar-refractivity contribution in [3.8, 4) is 0 Å². The predicted octanol–water partition coefficient (Wildman–Crippen LogP) is 3.23. The second kappa shape index (κ2) is 7.61. The molecule has 144 valence electrons. The van der Waals surface area contributed by atoms with Crippen molar-refractivity contribution < 1.29 is 9.21 Å². The molecule has 1 unspecified atom stereocenters. The number of nitrogens with zero attached hydrogens (tertiary/aromatic N) is 2. The van der Waals surface area contributed by atoms with E-state index in [-0.39, 0.29) is 18.5 Å². The van der Waals surface area contributed by atoms with E-state index in [2.05, 4.69) is 27.7 Å². The molecule has 0 saturated heterocycles. The van der Waals surface area contributed by atoms with Gasteiger partial charge < -0.3 is 14.6 Å². The van der Waals surface area contributed by atoms with Gasteiger partial charge >= 0.3 is 5.76 Å². The van der Waals surface area contributed by atoms with Crippen LogP contribution < -0.4 is 11.1 Å². The van der Waals surface area contributed by atoms with E-state index in [9.17, 15) is 9.59 Å². The molecule has 0 bridgehead atoms. The summed E-state index contributed by atoms with van der Waals surface area (Å²) >= 11 is 1.70. The first-order valence-electron chi connectivity index (χ1n) is 9.02. The van der Waals surface area contributed by atoms with Crippen molar-refractivity contribution in [1.82, 2.24) is 14.8 Å². The van der Waals surface area contributed by atoms with Crippen LogP contribution >= 0.6 is 11.3 Å². The molecule has 0 aliphatic carbocycles. The lowest BCUT2D eigenvalue weighted by Crippen LogP contribution is -2.37. The monoisotopic (exact) mass is 395 g/mol. The Labute approximate surface area is 166 Å². The van der Waals surface area contributed by atoms with Gasteiger partial charge in [-0.3, -0.25) is 9.36 Å². The Kier molecular flexibility index (Phi) is 5.02. The number of rotatable bonds is 6. The van der Waals surface area contributed by atoms with Gasteiger partial charge in [-0.25, -0.2) is 4.79 Å². The van der Waals surface area contributed by atoms with Gasteiger partial charge in [0.15, 0.2) is 5.58 Å². The van der Waals surface area contributed by atoms with Crippen molar-refractivity contribution in [2.24, 2.45) is 0 Å². The zero-order chi connectivity index (χ0) is 19.7. The fourth-order valence-corrected chi connectivity index (χ4v) is 4.41. The number of nitrogens with one attached hydrogen (secondary N) is 1. The molecule has 0 radical (unpaired) electrons. The van der Waals surface area contributed by atoms with Gasteiger partial charge in [-0.2, -0.15) is 0 Å². The molecule has 0 spiro atoms. The zero-order valence-electron chi connectivity index (χ0n) is 15.7. The van der Waals surface area contributed by atoms with Gasteiger partial charge in [-0.05, 0) is 48.6 Å². The van der Waals surface area contributed by atoms with Crippen LogP contribution in [0.1, 0.15) is 11.6 Å². The number of para-hydroxylation sites is 2. The van der Waals surface area contributed by atoms with Crippen molar-refractivity contribution in [2.75, 3.05) is 20.6 Å². The highest BCUT2D eigenvalue weighted by Crippen LogP contribution is 2.31. The Morgan fingerprint density at radius 1 is 1.18 bits per heavy atom. The van der Waals surface area contributed by atoms with Crippen molar-refractivity contribution in [3.05, 3.63) is 70.0 Å². The molecular weight excluding hydrogens is 374 g/mol.